The summed E-state index contributed by atoms with van der Waals surface area (Å²) in [5, 5.41) is 9.74. The maximum atomic E-state index is 9.74. The molecule has 0 saturated heterocycles. The highest BCUT2D eigenvalue weighted by Gasteiger charge is 2.25. The van der Waals surface area contributed by atoms with Gasteiger partial charge in [0.25, 0.3) is 0 Å². The molecule has 126 valence electrons. The molecule has 0 fully saturated rings. The Morgan fingerprint density at radius 1 is 1.25 bits per heavy atom. The van der Waals surface area contributed by atoms with Crippen LogP contribution in [0, 0.1) is 0 Å². The summed E-state index contributed by atoms with van der Waals surface area (Å²) < 4.78 is 6.16. The number of aromatic hydroxyl groups is 1. The summed E-state index contributed by atoms with van der Waals surface area (Å²) in [6.45, 7) is 9.78. The fraction of sp³-hybridized carbons (Fsp3) is 0.333. The fourth-order valence-corrected chi connectivity index (χ4v) is 3.15. The molecular weight excluding hydrogens is 298 g/mol. The van der Waals surface area contributed by atoms with Crippen molar-refractivity contribution in [1.29, 1.82) is 0 Å². The van der Waals surface area contributed by atoms with E-state index < -0.39 is 0 Å². The summed E-state index contributed by atoms with van der Waals surface area (Å²) in [5.74, 6) is 1.63. The Bertz CT molecular complexity index is 706. The second kappa shape index (κ2) is 7.00. The molecule has 1 heterocycles. The van der Waals surface area contributed by atoms with Gasteiger partial charge in [0.1, 0.15) is 17.6 Å². The second-order valence-corrected chi connectivity index (χ2v) is 6.69. The first-order valence-electron chi connectivity index (χ1n) is 8.51. The third kappa shape index (κ3) is 3.56. The molecule has 1 unspecified atom stereocenters. The maximum absolute atomic E-state index is 9.74. The summed E-state index contributed by atoms with van der Waals surface area (Å²) in [5.41, 5.74) is 3.57. The summed E-state index contributed by atoms with van der Waals surface area (Å²) >= 11 is 0. The van der Waals surface area contributed by atoms with Crippen molar-refractivity contribution in [2.75, 3.05) is 18.0 Å². The normalized spacial score (nSPS) is 16.6. The Labute approximate surface area is 144 Å². The van der Waals surface area contributed by atoms with E-state index in [0.29, 0.717) is 5.92 Å². The molecule has 24 heavy (non-hydrogen) atoms. The molecule has 0 aliphatic carbocycles. The highest BCUT2D eigenvalue weighted by atomic mass is 16.5. The first-order chi connectivity index (χ1) is 11.6. The third-order valence-electron chi connectivity index (χ3n) is 4.46. The van der Waals surface area contributed by atoms with Crippen molar-refractivity contribution in [2.45, 2.75) is 32.3 Å². The van der Waals surface area contributed by atoms with Crippen LogP contribution in [0.4, 0.5) is 5.69 Å². The summed E-state index contributed by atoms with van der Waals surface area (Å²) in [7, 11) is 0. The van der Waals surface area contributed by atoms with Crippen LogP contribution in [-0.2, 0) is 6.42 Å². The summed E-state index contributed by atoms with van der Waals surface area (Å²) in [4.78, 5) is 2.21. The van der Waals surface area contributed by atoms with E-state index in [0.717, 1.165) is 30.9 Å². The summed E-state index contributed by atoms with van der Waals surface area (Å²) in [6.07, 6.45) is 2.84. The topological polar surface area (TPSA) is 32.7 Å². The van der Waals surface area contributed by atoms with Crippen LogP contribution in [0.5, 0.6) is 11.5 Å². The molecule has 1 aliphatic rings. The Kier molecular flexibility index (Phi) is 4.79. The molecule has 0 radical (unpaired) electrons. The largest absolute Gasteiger partial charge is 0.508 e. The van der Waals surface area contributed by atoms with E-state index in [1.54, 1.807) is 12.1 Å². The van der Waals surface area contributed by atoms with Crippen LogP contribution in [0.1, 0.15) is 30.9 Å². The molecule has 0 saturated carbocycles. The van der Waals surface area contributed by atoms with Gasteiger partial charge in [-0.3, -0.25) is 0 Å². The molecule has 3 nitrogen and oxygen atoms in total. The van der Waals surface area contributed by atoms with Crippen LogP contribution >= 0.6 is 0 Å². The molecule has 1 aliphatic heterocycles. The van der Waals surface area contributed by atoms with E-state index in [2.05, 4.69) is 49.6 Å². The summed E-state index contributed by atoms with van der Waals surface area (Å²) in [6, 6.07) is 14.1. The number of rotatable bonds is 5. The van der Waals surface area contributed by atoms with E-state index in [1.807, 2.05) is 12.1 Å². The number of phenolic OH excluding ortho intramolecular Hbond substituents is 1. The predicted octanol–water partition coefficient (Wildman–Crippen LogP) is 4.51. The average molecular weight is 323 g/mol. The lowest BCUT2D eigenvalue weighted by Gasteiger charge is -2.36. The monoisotopic (exact) mass is 323 g/mol. The SMILES string of the molecule is C=CCN1CC(Cc2ccc(C(C)C)cc2)Oc2ccc(O)cc21. The Balaban J connectivity index is 1.77. The standard InChI is InChI=1S/C21H25NO2/c1-4-11-22-14-19(24-21-10-9-18(23)13-20(21)22)12-16-5-7-17(8-6-16)15(2)3/h4-10,13,15,19,23H,1,11-12,14H2,2-3H3. The van der Waals surface area contributed by atoms with Gasteiger partial charge in [-0.15, -0.1) is 6.58 Å². The van der Waals surface area contributed by atoms with Crippen LogP contribution < -0.4 is 9.64 Å². The zero-order valence-corrected chi connectivity index (χ0v) is 14.4. The van der Waals surface area contributed by atoms with Gasteiger partial charge in [-0.1, -0.05) is 44.2 Å². The lowest BCUT2D eigenvalue weighted by Crippen LogP contribution is -2.41. The van der Waals surface area contributed by atoms with E-state index >= 15 is 0 Å². The minimum atomic E-state index is 0.0897. The molecule has 2 aromatic rings. The van der Waals surface area contributed by atoms with Gasteiger partial charge in [0.15, 0.2) is 0 Å². The van der Waals surface area contributed by atoms with Crippen molar-refractivity contribution in [3.05, 3.63) is 66.2 Å². The molecule has 1 atom stereocenters. The van der Waals surface area contributed by atoms with Crippen molar-refractivity contribution in [2.24, 2.45) is 0 Å². The lowest BCUT2D eigenvalue weighted by atomic mass is 9.99. The van der Waals surface area contributed by atoms with Crippen LogP contribution in [0.15, 0.2) is 55.1 Å². The molecule has 1 N–H and O–H groups in total. The molecule has 0 spiro atoms. The second-order valence-electron chi connectivity index (χ2n) is 6.69. The van der Waals surface area contributed by atoms with Gasteiger partial charge in [-0.25, -0.2) is 0 Å². The van der Waals surface area contributed by atoms with Gasteiger partial charge >= 0.3 is 0 Å². The van der Waals surface area contributed by atoms with E-state index in [-0.39, 0.29) is 11.9 Å². The quantitative estimate of drug-likeness (QED) is 0.822. The molecule has 0 aromatic heterocycles. The minimum absolute atomic E-state index is 0.0897. The number of nitrogens with zero attached hydrogens (tertiary/aromatic N) is 1. The molecule has 0 amide bonds. The van der Waals surface area contributed by atoms with Gasteiger partial charge < -0.3 is 14.7 Å². The van der Waals surface area contributed by atoms with Crippen molar-refractivity contribution < 1.29 is 9.84 Å². The number of phenols is 1. The molecular formula is C21H25NO2. The van der Waals surface area contributed by atoms with Crippen LogP contribution in [0.3, 0.4) is 0 Å². The van der Waals surface area contributed by atoms with Crippen molar-refractivity contribution in [3.8, 4) is 11.5 Å². The van der Waals surface area contributed by atoms with Crippen molar-refractivity contribution in [3.63, 3.8) is 0 Å². The first kappa shape index (κ1) is 16.4. The Hall–Kier alpha value is -2.42. The predicted molar refractivity (Wildman–Crippen MR) is 99.2 cm³/mol. The van der Waals surface area contributed by atoms with Gasteiger partial charge in [-0.05, 0) is 29.2 Å². The highest BCUT2D eigenvalue weighted by molar-refractivity contribution is 5.63. The number of fused-ring (bicyclic) bond motifs is 1. The first-order valence-corrected chi connectivity index (χ1v) is 8.51. The van der Waals surface area contributed by atoms with Crippen LogP contribution in [0.25, 0.3) is 0 Å². The van der Waals surface area contributed by atoms with Gasteiger partial charge in [0.2, 0.25) is 0 Å². The fourth-order valence-electron chi connectivity index (χ4n) is 3.15. The Morgan fingerprint density at radius 3 is 2.67 bits per heavy atom. The highest BCUT2D eigenvalue weighted by Crippen LogP contribution is 2.36. The van der Waals surface area contributed by atoms with E-state index in [1.165, 1.54) is 11.1 Å². The zero-order valence-electron chi connectivity index (χ0n) is 14.4. The molecule has 3 rings (SSSR count). The minimum Gasteiger partial charge on any atom is -0.508 e. The number of hydrogen-bond donors (Lipinski definition) is 1. The van der Waals surface area contributed by atoms with E-state index in [9.17, 15) is 5.11 Å². The number of anilines is 1. The number of ether oxygens (including phenoxy) is 1. The number of hydrogen-bond acceptors (Lipinski definition) is 3. The van der Waals surface area contributed by atoms with E-state index in [4.69, 9.17) is 4.74 Å². The van der Waals surface area contributed by atoms with Gasteiger partial charge in [0.05, 0.1) is 12.2 Å². The Morgan fingerprint density at radius 2 is 2.00 bits per heavy atom. The number of benzene rings is 2. The third-order valence-corrected chi connectivity index (χ3v) is 4.46. The van der Waals surface area contributed by atoms with Gasteiger partial charge in [0, 0.05) is 19.0 Å². The van der Waals surface area contributed by atoms with Gasteiger partial charge in [-0.2, -0.15) is 0 Å². The molecule has 2 aromatic carbocycles. The van der Waals surface area contributed by atoms with Crippen molar-refractivity contribution in [1.82, 2.24) is 0 Å². The van der Waals surface area contributed by atoms with Crippen LogP contribution in [-0.4, -0.2) is 24.3 Å². The zero-order chi connectivity index (χ0) is 17.1. The van der Waals surface area contributed by atoms with Crippen molar-refractivity contribution >= 4 is 5.69 Å². The average Bonchev–Trinajstić information content (AvgIpc) is 2.56. The van der Waals surface area contributed by atoms with Crippen LogP contribution in [0.2, 0.25) is 0 Å². The maximum Gasteiger partial charge on any atom is 0.143 e. The molecule has 3 heteroatoms. The lowest BCUT2D eigenvalue weighted by molar-refractivity contribution is 0.194. The smallest absolute Gasteiger partial charge is 0.143 e. The molecule has 0 bridgehead atoms.